The monoisotopic (exact) mass is 228 g/mol. The van der Waals surface area contributed by atoms with Crippen molar-refractivity contribution in [2.45, 2.75) is 25.1 Å². The molecule has 0 spiro atoms. The SMILES string of the molecule is Cc1c(O)ccc2c1C(C)C[Se]2. The number of aromatic hydroxyl groups is 1. The molecule has 1 aromatic rings. The first-order chi connectivity index (χ1) is 5.70. The number of hydrogen-bond donors (Lipinski definition) is 1. The van der Waals surface area contributed by atoms with Crippen LogP contribution in [0.3, 0.4) is 0 Å². The fraction of sp³-hybridized carbons (Fsp3) is 0.400. The predicted molar refractivity (Wildman–Crippen MR) is 51.5 cm³/mol. The molecule has 12 heavy (non-hydrogen) atoms. The molecule has 0 radical (unpaired) electrons. The van der Waals surface area contributed by atoms with Crippen molar-refractivity contribution in [2.75, 3.05) is 0 Å². The van der Waals surface area contributed by atoms with Crippen molar-refractivity contribution in [3.05, 3.63) is 23.3 Å². The van der Waals surface area contributed by atoms with E-state index in [0.717, 1.165) is 5.56 Å². The minimum absolute atomic E-state index is 0.457. The number of hydrogen-bond acceptors (Lipinski definition) is 1. The summed E-state index contributed by atoms with van der Waals surface area (Å²) >= 11 is 0.646. The van der Waals surface area contributed by atoms with Crippen molar-refractivity contribution < 1.29 is 5.11 Å². The zero-order valence-electron chi connectivity index (χ0n) is 7.29. The zero-order chi connectivity index (χ0) is 8.72. The van der Waals surface area contributed by atoms with Crippen LogP contribution in [0.15, 0.2) is 12.1 Å². The molecule has 0 aliphatic carbocycles. The maximum atomic E-state index is 9.51. The first kappa shape index (κ1) is 8.15. The minimum atomic E-state index is 0.457. The Kier molecular flexibility index (Phi) is 1.90. The van der Waals surface area contributed by atoms with Gasteiger partial charge in [0, 0.05) is 0 Å². The average molecular weight is 227 g/mol. The molecule has 1 aliphatic rings. The molecule has 0 saturated carbocycles. The fourth-order valence-electron chi connectivity index (χ4n) is 1.73. The normalized spacial score (nSPS) is 21.0. The van der Waals surface area contributed by atoms with Gasteiger partial charge in [-0.2, -0.15) is 0 Å². The second kappa shape index (κ2) is 2.79. The Hall–Kier alpha value is -0.461. The molecular weight excluding hydrogens is 215 g/mol. The molecule has 2 heteroatoms. The summed E-state index contributed by atoms with van der Waals surface area (Å²) < 4.78 is 1.49. The molecule has 1 atom stereocenters. The number of fused-ring (bicyclic) bond motifs is 1. The van der Waals surface area contributed by atoms with Gasteiger partial charge in [-0.1, -0.05) is 0 Å². The third-order valence-corrected chi connectivity index (χ3v) is 5.23. The average Bonchev–Trinajstić information content (AvgIpc) is 2.41. The molecule has 2 rings (SSSR count). The molecule has 0 amide bonds. The van der Waals surface area contributed by atoms with Gasteiger partial charge in [-0.3, -0.25) is 0 Å². The van der Waals surface area contributed by atoms with E-state index in [1.165, 1.54) is 15.3 Å². The molecule has 0 bridgehead atoms. The van der Waals surface area contributed by atoms with Gasteiger partial charge in [0.05, 0.1) is 0 Å². The van der Waals surface area contributed by atoms with Gasteiger partial charge in [0.1, 0.15) is 0 Å². The number of phenols is 1. The Morgan fingerprint density at radius 1 is 1.50 bits per heavy atom. The summed E-state index contributed by atoms with van der Waals surface area (Å²) in [4.78, 5) is 0. The van der Waals surface area contributed by atoms with Gasteiger partial charge in [-0.15, -0.1) is 0 Å². The van der Waals surface area contributed by atoms with Crippen LogP contribution in [0.5, 0.6) is 5.75 Å². The van der Waals surface area contributed by atoms with Crippen molar-refractivity contribution in [3.63, 3.8) is 0 Å². The Labute approximate surface area is 79.0 Å². The topological polar surface area (TPSA) is 20.2 Å². The van der Waals surface area contributed by atoms with Crippen LogP contribution < -0.4 is 4.46 Å². The van der Waals surface area contributed by atoms with Crippen LogP contribution >= 0.6 is 0 Å². The summed E-state index contributed by atoms with van der Waals surface area (Å²) in [6, 6.07) is 3.91. The van der Waals surface area contributed by atoms with Gasteiger partial charge in [0.2, 0.25) is 0 Å². The third-order valence-electron chi connectivity index (χ3n) is 2.43. The van der Waals surface area contributed by atoms with Crippen molar-refractivity contribution in [2.24, 2.45) is 0 Å². The Morgan fingerprint density at radius 2 is 2.25 bits per heavy atom. The van der Waals surface area contributed by atoms with Crippen LogP contribution in [0.1, 0.15) is 24.0 Å². The van der Waals surface area contributed by atoms with Gasteiger partial charge in [0.15, 0.2) is 0 Å². The number of rotatable bonds is 0. The predicted octanol–water partition coefficient (Wildman–Crippen LogP) is 1.57. The van der Waals surface area contributed by atoms with Crippen molar-refractivity contribution in [1.29, 1.82) is 0 Å². The van der Waals surface area contributed by atoms with Crippen LogP contribution in [0, 0.1) is 6.92 Å². The van der Waals surface area contributed by atoms with Crippen molar-refractivity contribution in [1.82, 2.24) is 0 Å². The van der Waals surface area contributed by atoms with Crippen LogP contribution in [0.25, 0.3) is 0 Å². The molecule has 1 N–H and O–H groups in total. The van der Waals surface area contributed by atoms with Crippen molar-refractivity contribution >= 4 is 19.4 Å². The molecule has 1 nitrogen and oxygen atoms in total. The molecule has 1 aromatic carbocycles. The second-order valence-electron chi connectivity index (χ2n) is 3.33. The van der Waals surface area contributed by atoms with Crippen LogP contribution in [0.4, 0.5) is 0 Å². The van der Waals surface area contributed by atoms with E-state index in [2.05, 4.69) is 13.0 Å². The van der Waals surface area contributed by atoms with E-state index in [1.807, 2.05) is 13.0 Å². The molecule has 0 saturated heterocycles. The molecule has 1 unspecified atom stereocenters. The molecule has 0 fully saturated rings. The summed E-state index contributed by atoms with van der Waals surface area (Å²) in [6.07, 6.45) is 0. The fourth-order valence-corrected chi connectivity index (χ4v) is 4.39. The van der Waals surface area contributed by atoms with Crippen LogP contribution in [-0.4, -0.2) is 20.1 Å². The third kappa shape index (κ3) is 1.07. The van der Waals surface area contributed by atoms with E-state index >= 15 is 0 Å². The second-order valence-corrected chi connectivity index (χ2v) is 5.56. The Balaban J connectivity index is 2.63. The number of benzene rings is 1. The van der Waals surface area contributed by atoms with E-state index in [9.17, 15) is 5.11 Å². The van der Waals surface area contributed by atoms with E-state index in [1.54, 1.807) is 0 Å². The molecule has 1 aliphatic heterocycles. The summed E-state index contributed by atoms with van der Waals surface area (Å²) in [5.74, 6) is 1.12. The zero-order valence-corrected chi connectivity index (χ0v) is 9.01. The Bertz CT molecular complexity index is 320. The van der Waals surface area contributed by atoms with E-state index in [-0.39, 0.29) is 0 Å². The summed E-state index contributed by atoms with van der Waals surface area (Å²) in [5, 5.41) is 10.8. The standard InChI is InChI=1S/C10H12OSe/c1-6-5-12-9-4-3-8(11)7(2)10(6)9/h3-4,6,11H,5H2,1-2H3. The Morgan fingerprint density at radius 3 is 3.00 bits per heavy atom. The van der Waals surface area contributed by atoms with E-state index in [0.29, 0.717) is 26.6 Å². The molecule has 64 valence electrons. The summed E-state index contributed by atoms with van der Waals surface area (Å²) in [7, 11) is 0. The first-order valence-electron chi connectivity index (χ1n) is 4.15. The van der Waals surface area contributed by atoms with Gasteiger partial charge < -0.3 is 0 Å². The summed E-state index contributed by atoms with van der Waals surface area (Å²) in [5.41, 5.74) is 2.51. The molecular formula is C10H12OSe. The van der Waals surface area contributed by atoms with Gasteiger partial charge in [0.25, 0.3) is 0 Å². The summed E-state index contributed by atoms with van der Waals surface area (Å²) in [6.45, 7) is 4.27. The van der Waals surface area contributed by atoms with Gasteiger partial charge >= 0.3 is 78.6 Å². The van der Waals surface area contributed by atoms with Gasteiger partial charge in [-0.25, -0.2) is 0 Å². The van der Waals surface area contributed by atoms with E-state index < -0.39 is 0 Å². The van der Waals surface area contributed by atoms with E-state index in [4.69, 9.17) is 0 Å². The number of phenolic OH excluding ortho intramolecular Hbond substituents is 1. The van der Waals surface area contributed by atoms with Crippen LogP contribution in [0.2, 0.25) is 5.32 Å². The quantitative estimate of drug-likeness (QED) is 0.667. The maximum absolute atomic E-state index is 9.51. The molecule has 0 aromatic heterocycles. The van der Waals surface area contributed by atoms with Gasteiger partial charge in [-0.05, 0) is 0 Å². The molecule has 1 heterocycles. The van der Waals surface area contributed by atoms with Crippen molar-refractivity contribution in [3.8, 4) is 5.75 Å². The van der Waals surface area contributed by atoms with Crippen LogP contribution in [-0.2, 0) is 0 Å². The first-order valence-corrected chi connectivity index (χ1v) is 6.22.